The Morgan fingerprint density at radius 2 is 1.35 bits per heavy atom. The van der Waals surface area contributed by atoms with Crippen LogP contribution in [0.2, 0.25) is 0 Å². The smallest absolute Gasteiger partial charge is 0.258 e. The van der Waals surface area contributed by atoms with Gasteiger partial charge in [0.2, 0.25) is 0 Å². The quantitative estimate of drug-likeness (QED) is 0.447. The molecular weight excluding hydrogens is 326 g/mol. The summed E-state index contributed by atoms with van der Waals surface area (Å²) < 4.78 is 0. The van der Waals surface area contributed by atoms with Crippen LogP contribution in [0.5, 0.6) is 0 Å². The van der Waals surface area contributed by atoms with Crippen molar-refractivity contribution in [1.29, 1.82) is 0 Å². The van der Waals surface area contributed by atoms with Crippen LogP contribution < -0.4 is 0 Å². The molecule has 0 saturated heterocycles. The number of hydrogen-bond acceptors (Lipinski definition) is 7. The molecule has 2 aromatic rings. The third kappa shape index (κ3) is 3.80. The summed E-state index contributed by atoms with van der Waals surface area (Å²) in [4.78, 5) is 30.2. The van der Waals surface area contributed by atoms with E-state index in [4.69, 9.17) is 0 Å². The molecular formula is C13H9N3O6S. The zero-order valence-electron chi connectivity index (χ0n) is 11.4. The molecule has 0 saturated carbocycles. The first kappa shape index (κ1) is 16.4. The number of nitro benzene ring substituents is 3. The van der Waals surface area contributed by atoms with E-state index in [2.05, 4.69) is 0 Å². The fourth-order valence-corrected chi connectivity index (χ4v) is 2.90. The molecule has 0 fully saturated rings. The van der Waals surface area contributed by atoms with Gasteiger partial charge in [-0.25, -0.2) is 0 Å². The van der Waals surface area contributed by atoms with Gasteiger partial charge in [-0.3, -0.25) is 30.3 Å². The van der Waals surface area contributed by atoms with Crippen LogP contribution in [0.1, 0.15) is 5.56 Å². The molecule has 2 aromatic carbocycles. The van der Waals surface area contributed by atoms with Gasteiger partial charge >= 0.3 is 0 Å². The van der Waals surface area contributed by atoms with Crippen LogP contribution in [0.25, 0.3) is 0 Å². The average Bonchev–Trinajstić information content (AvgIpc) is 2.52. The van der Waals surface area contributed by atoms with Crippen molar-refractivity contribution in [2.45, 2.75) is 10.6 Å². The Kier molecular flexibility index (Phi) is 4.86. The summed E-state index contributed by atoms with van der Waals surface area (Å²) in [6.07, 6.45) is 0. The lowest BCUT2D eigenvalue weighted by Gasteiger charge is -2.05. The van der Waals surface area contributed by atoms with Crippen molar-refractivity contribution in [3.05, 3.63) is 78.4 Å². The fourth-order valence-electron chi connectivity index (χ4n) is 1.84. The maximum absolute atomic E-state index is 11.1. The molecule has 0 radical (unpaired) electrons. The Bertz CT molecular complexity index is 746. The van der Waals surface area contributed by atoms with Gasteiger partial charge in [0, 0.05) is 5.75 Å². The van der Waals surface area contributed by atoms with E-state index in [0.717, 1.165) is 29.5 Å². The normalized spacial score (nSPS) is 10.3. The van der Waals surface area contributed by atoms with Gasteiger partial charge in [0.15, 0.2) is 4.90 Å². The van der Waals surface area contributed by atoms with Crippen molar-refractivity contribution in [2.24, 2.45) is 0 Å². The molecule has 0 aliphatic rings. The van der Waals surface area contributed by atoms with Gasteiger partial charge in [0.1, 0.15) is 0 Å². The Morgan fingerprint density at radius 3 is 1.78 bits per heavy atom. The van der Waals surface area contributed by atoms with E-state index in [9.17, 15) is 30.3 Å². The summed E-state index contributed by atoms with van der Waals surface area (Å²) in [5, 5.41) is 33.1. The lowest BCUT2D eigenvalue weighted by molar-refractivity contribution is -0.407. The summed E-state index contributed by atoms with van der Waals surface area (Å²) in [5.41, 5.74) is -1.16. The molecule has 0 aliphatic carbocycles. The Hall–Kier alpha value is -3.01. The van der Waals surface area contributed by atoms with Crippen molar-refractivity contribution >= 4 is 28.8 Å². The van der Waals surface area contributed by atoms with Gasteiger partial charge in [-0.1, -0.05) is 30.3 Å². The van der Waals surface area contributed by atoms with Crippen LogP contribution in [0.4, 0.5) is 17.1 Å². The van der Waals surface area contributed by atoms with E-state index in [-0.39, 0.29) is 10.6 Å². The third-order valence-corrected chi connectivity index (χ3v) is 4.05. The van der Waals surface area contributed by atoms with Gasteiger partial charge < -0.3 is 0 Å². The number of rotatable bonds is 6. The van der Waals surface area contributed by atoms with Crippen molar-refractivity contribution in [3.8, 4) is 0 Å². The number of nitro groups is 3. The summed E-state index contributed by atoms with van der Waals surface area (Å²) in [6, 6.07) is 10.4. The van der Waals surface area contributed by atoms with E-state index in [1.54, 1.807) is 30.3 Å². The minimum atomic E-state index is -0.897. The topological polar surface area (TPSA) is 129 Å². The second-order valence-corrected chi connectivity index (χ2v) is 5.34. The predicted octanol–water partition coefficient (Wildman–Crippen LogP) is 3.70. The van der Waals surface area contributed by atoms with E-state index < -0.39 is 31.8 Å². The van der Waals surface area contributed by atoms with Crippen LogP contribution in [0.15, 0.2) is 47.4 Å². The maximum atomic E-state index is 11.1. The molecule has 0 aromatic heterocycles. The first-order valence-electron chi connectivity index (χ1n) is 6.18. The molecule has 0 amide bonds. The SMILES string of the molecule is O=[N+]([O-])c1cc([N+](=O)[O-])c(SCc2ccccc2)c([N+](=O)[O-])c1. The van der Waals surface area contributed by atoms with Crippen molar-refractivity contribution in [2.75, 3.05) is 0 Å². The predicted molar refractivity (Wildman–Crippen MR) is 82.4 cm³/mol. The Morgan fingerprint density at radius 1 is 0.826 bits per heavy atom. The largest absolute Gasteiger partial charge is 0.296 e. The molecule has 10 heteroatoms. The monoisotopic (exact) mass is 335 g/mol. The van der Waals surface area contributed by atoms with E-state index in [1.165, 1.54) is 0 Å². The highest BCUT2D eigenvalue weighted by molar-refractivity contribution is 7.98. The van der Waals surface area contributed by atoms with E-state index in [0.29, 0.717) is 0 Å². The van der Waals surface area contributed by atoms with Gasteiger partial charge in [-0.05, 0) is 5.56 Å². The zero-order valence-corrected chi connectivity index (χ0v) is 12.3. The van der Waals surface area contributed by atoms with E-state index >= 15 is 0 Å². The highest BCUT2D eigenvalue weighted by atomic mass is 32.2. The second-order valence-electron chi connectivity index (χ2n) is 4.36. The molecule has 0 bridgehead atoms. The summed E-state index contributed by atoms with van der Waals surface area (Å²) in [7, 11) is 0. The molecule has 118 valence electrons. The minimum Gasteiger partial charge on any atom is -0.258 e. The molecule has 0 heterocycles. The second kappa shape index (κ2) is 6.83. The van der Waals surface area contributed by atoms with Crippen LogP contribution in [-0.4, -0.2) is 14.8 Å². The molecule has 0 aliphatic heterocycles. The molecule has 9 nitrogen and oxygen atoms in total. The van der Waals surface area contributed by atoms with Gasteiger partial charge in [-0.15, -0.1) is 11.8 Å². The van der Waals surface area contributed by atoms with Crippen molar-refractivity contribution in [1.82, 2.24) is 0 Å². The number of thioether (sulfide) groups is 1. The molecule has 0 N–H and O–H groups in total. The van der Waals surface area contributed by atoms with Crippen LogP contribution >= 0.6 is 11.8 Å². The molecule has 0 atom stereocenters. The van der Waals surface area contributed by atoms with Crippen LogP contribution in [0, 0.1) is 30.3 Å². The average molecular weight is 335 g/mol. The van der Waals surface area contributed by atoms with Crippen molar-refractivity contribution < 1.29 is 14.8 Å². The highest BCUT2D eigenvalue weighted by Gasteiger charge is 2.30. The fraction of sp³-hybridized carbons (Fsp3) is 0.0769. The van der Waals surface area contributed by atoms with E-state index in [1.807, 2.05) is 0 Å². The van der Waals surface area contributed by atoms with Gasteiger partial charge in [0.25, 0.3) is 17.1 Å². The number of nitrogens with zero attached hydrogens (tertiary/aromatic N) is 3. The lowest BCUT2D eigenvalue weighted by Crippen LogP contribution is -2.00. The third-order valence-electron chi connectivity index (χ3n) is 2.86. The number of benzene rings is 2. The maximum Gasteiger partial charge on any atom is 0.296 e. The lowest BCUT2D eigenvalue weighted by atomic mass is 10.2. The number of non-ortho nitro benzene ring substituents is 1. The summed E-state index contributed by atoms with van der Waals surface area (Å²) in [5.74, 6) is 0.264. The number of hydrogen-bond donors (Lipinski definition) is 0. The molecule has 0 unspecified atom stereocenters. The highest BCUT2D eigenvalue weighted by Crippen LogP contribution is 2.41. The first-order valence-corrected chi connectivity index (χ1v) is 7.16. The summed E-state index contributed by atoms with van der Waals surface area (Å²) >= 11 is 0.898. The van der Waals surface area contributed by atoms with Crippen molar-refractivity contribution in [3.63, 3.8) is 0 Å². The van der Waals surface area contributed by atoms with Gasteiger partial charge in [-0.2, -0.15) is 0 Å². The first-order chi connectivity index (χ1) is 10.9. The minimum absolute atomic E-state index is 0.200. The molecule has 0 spiro atoms. The standard InChI is InChI=1S/C13H9N3O6S/c17-14(18)10-6-11(15(19)20)13(12(7-10)16(21)22)23-8-9-4-2-1-3-5-9/h1-7H,8H2. The molecule has 23 heavy (non-hydrogen) atoms. The van der Waals surface area contributed by atoms with Crippen LogP contribution in [0.3, 0.4) is 0 Å². The van der Waals surface area contributed by atoms with Crippen LogP contribution in [-0.2, 0) is 5.75 Å². The zero-order chi connectivity index (χ0) is 17.0. The van der Waals surface area contributed by atoms with Gasteiger partial charge in [0.05, 0.1) is 26.9 Å². The Labute approximate surface area is 133 Å². The summed E-state index contributed by atoms with van der Waals surface area (Å²) in [6.45, 7) is 0. The Balaban J connectivity index is 2.48. The molecule has 2 rings (SSSR count).